The van der Waals surface area contributed by atoms with Crippen LogP contribution in [0.5, 0.6) is 0 Å². The van der Waals surface area contributed by atoms with Crippen LogP contribution in [0.15, 0.2) is 0 Å². The number of fused-ring (bicyclic) bond motifs is 1. The van der Waals surface area contributed by atoms with E-state index in [9.17, 15) is 0 Å². The Labute approximate surface area is 55.8 Å². The summed E-state index contributed by atoms with van der Waals surface area (Å²) in [5.74, 6) is 1.73. The molecule has 0 aromatic carbocycles. The number of nitrogens with two attached hydrogens (primary N) is 1. The predicted molar refractivity (Wildman–Crippen MR) is 37.1 cm³/mol. The molecular weight excluding hydrogens is 112 g/mol. The molecule has 0 spiro atoms. The van der Waals surface area contributed by atoms with Gasteiger partial charge in [-0.1, -0.05) is 0 Å². The lowest BCUT2D eigenvalue weighted by molar-refractivity contribution is 0.453. The number of hydrogen-bond acceptors (Lipinski definition) is 2. The van der Waals surface area contributed by atoms with Crippen molar-refractivity contribution in [3.05, 3.63) is 0 Å². The van der Waals surface area contributed by atoms with Crippen molar-refractivity contribution in [1.29, 1.82) is 0 Å². The highest BCUT2D eigenvalue weighted by Gasteiger charge is 2.36. The second-order valence-corrected chi connectivity index (χ2v) is 3.32. The lowest BCUT2D eigenvalue weighted by Crippen LogP contribution is -2.28. The molecule has 1 aliphatic heterocycles. The molecule has 2 aliphatic rings. The van der Waals surface area contributed by atoms with Crippen molar-refractivity contribution in [1.82, 2.24) is 5.32 Å². The van der Waals surface area contributed by atoms with E-state index in [0.29, 0.717) is 6.04 Å². The second kappa shape index (κ2) is 1.96. The minimum absolute atomic E-state index is 0.505. The van der Waals surface area contributed by atoms with Gasteiger partial charge in [0.2, 0.25) is 0 Å². The van der Waals surface area contributed by atoms with Crippen LogP contribution in [0.4, 0.5) is 0 Å². The molecule has 0 radical (unpaired) electrons. The summed E-state index contributed by atoms with van der Waals surface area (Å²) in [6.07, 6.45) is 2.62. The monoisotopic (exact) mass is 126 g/mol. The Hall–Kier alpha value is -0.0800. The molecule has 1 saturated carbocycles. The molecule has 0 bridgehead atoms. The molecule has 0 amide bonds. The van der Waals surface area contributed by atoms with E-state index < -0.39 is 0 Å². The topological polar surface area (TPSA) is 38.0 Å². The van der Waals surface area contributed by atoms with Gasteiger partial charge in [-0.3, -0.25) is 0 Å². The van der Waals surface area contributed by atoms with Gasteiger partial charge in [-0.15, -0.1) is 0 Å². The van der Waals surface area contributed by atoms with Crippen molar-refractivity contribution in [3.8, 4) is 0 Å². The fourth-order valence-electron chi connectivity index (χ4n) is 2.19. The summed E-state index contributed by atoms with van der Waals surface area (Å²) in [6.45, 7) is 2.39. The Kier molecular flexibility index (Phi) is 1.24. The quantitative estimate of drug-likeness (QED) is 0.477. The fraction of sp³-hybridized carbons (Fsp3) is 1.00. The van der Waals surface area contributed by atoms with Gasteiger partial charge in [-0.25, -0.2) is 0 Å². The minimum Gasteiger partial charge on any atom is -0.327 e. The molecule has 1 saturated heterocycles. The molecule has 0 aromatic rings. The Morgan fingerprint density at radius 3 is 2.89 bits per heavy atom. The van der Waals surface area contributed by atoms with Crippen LogP contribution >= 0.6 is 0 Å². The average molecular weight is 126 g/mol. The molecule has 2 rings (SSSR count). The van der Waals surface area contributed by atoms with Crippen LogP contribution < -0.4 is 11.1 Å². The maximum atomic E-state index is 5.88. The van der Waals surface area contributed by atoms with Gasteiger partial charge >= 0.3 is 0 Å². The van der Waals surface area contributed by atoms with Gasteiger partial charge in [0, 0.05) is 6.04 Å². The van der Waals surface area contributed by atoms with Crippen LogP contribution in [0, 0.1) is 11.8 Å². The van der Waals surface area contributed by atoms with E-state index in [1.165, 1.54) is 25.9 Å². The highest BCUT2D eigenvalue weighted by Crippen LogP contribution is 2.32. The van der Waals surface area contributed by atoms with Gasteiger partial charge in [0.05, 0.1) is 0 Å². The molecule has 1 aliphatic carbocycles. The Morgan fingerprint density at radius 2 is 2.11 bits per heavy atom. The van der Waals surface area contributed by atoms with Crippen LogP contribution in [0.25, 0.3) is 0 Å². The largest absolute Gasteiger partial charge is 0.327 e. The predicted octanol–water partition coefficient (Wildman–Crippen LogP) is -0.0569. The van der Waals surface area contributed by atoms with Crippen LogP contribution in [-0.4, -0.2) is 19.1 Å². The SMILES string of the molecule is N[C@@H]1CC[C@H]2CNC[C@@H]21. The van der Waals surface area contributed by atoms with Crippen molar-refractivity contribution < 1.29 is 0 Å². The molecule has 3 atom stereocenters. The van der Waals surface area contributed by atoms with Crippen LogP contribution in [-0.2, 0) is 0 Å². The van der Waals surface area contributed by atoms with Gasteiger partial charge in [-0.05, 0) is 37.8 Å². The first-order valence-electron chi connectivity index (χ1n) is 3.84. The number of hydrogen-bond donors (Lipinski definition) is 2. The highest BCUT2D eigenvalue weighted by atomic mass is 14.9. The third kappa shape index (κ3) is 0.775. The maximum absolute atomic E-state index is 5.88. The first-order chi connectivity index (χ1) is 4.38. The molecule has 2 heteroatoms. The van der Waals surface area contributed by atoms with E-state index in [1.54, 1.807) is 0 Å². The van der Waals surface area contributed by atoms with Gasteiger partial charge in [0.25, 0.3) is 0 Å². The Bertz CT molecular complexity index is 113. The summed E-state index contributed by atoms with van der Waals surface area (Å²) in [6, 6.07) is 0.505. The molecule has 3 N–H and O–H groups in total. The normalized spacial score (nSPS) is 49.7. The molecule has 2 nitrogen and oxygen atoms in total. The fourth-order valence-corrected chi connectivity index (χ4v) is 2.19. The third-order valence-electron chi connectivity index (χ3n) is 2.81. The molecule has 52 valence electrons. The molecule has 1 heterocycles. The first kappa shape index (κ1) is 5.69. The summed E-state index contributed by atoms with van der Waals surface area (Å²) >= 11 is 0. The lowest BCUT2D eigenvalue weighted by Gasteiger charge is -2.10. The smallest absolute Gasteiger partial charge is 0.00825 e. The van der Waals surface area contributed by atoms with Gasteiger partial charge in [-0.2, -0.15) is 0 Å². The number of rotatable bonds is 0. The van der Waals surface area contributed by atoms with Gasteiger partial charge in [0.15, 0.2) is 0 Å². The lowest BCUT2D eigenvalue weighted by atomic mass is 9.98. The Balaban J connectivity index is 2.07. The molecule has 0 unspecified atom stereocenters. The second-order valence-electron chi connectivity index (χ2n) is 3.32. The van der Waals surface area contributed by atoms with E-state index in [4.69, 9.17) is 5.73 Å². The van der Waals surface area contributed by atoms with Crippen molar-refractivity contribution in [2.75, 3.05) is 13.1 Å². The molecule has 9 heavy (non-hydrogen) atoms. The summed E-state index contributed by atoms with van der Waals surface area (Å²) < 4.78 is 0. The van der Waals surface area contributed by atoms with E-state index in [-0.39, 0.29) is 0 Å². The highest BCUT2D eigenvalue weighted by molar-refractivity contribution is 4.93. The van der Waals surface area contributed by atoms with E-state index in [2.05, 4.69) is 5.32 Å². The van der Waals surface area contributed by atoms with Crippen molar-refractivity contribution in [3.63, 3.8) is 0 Å². The zero-order valence-corrected chi connectivity index (χ0v) is 5.64. The zero-order valence-electron chi connectivity index (χ0n) is 5.64. The third-order valence-corrected chi connectivity index (χ3v) is 2.81. The van der Waals surface area contributed by atoms with E-state index in [0.717, 1.165) is 11.8 Å². The maximum Gasteiger partial charge on any atom is 0.00825 e. The van der Waals surface area contributed by atoms with Crippen LogP contribution in [0.1, 0.15) is 12.8 Å². The van der Waals surface area contributed by atoms with Crippen molar-refractivity contribution in [2.24, 2.45) is 17.6 Å². The summed E-state index contributed by atoms with van der Waals surface area (Å²) in [5.41, 5.74) is 5.88. The molecule has 0 aromatic heterocycles. The first-order valence-corrected chi connectivity index (χ1v) is 3.84. The van der Waals surface area contributed by atoms with E-state index in [1.807, 2.05) is 0 Å². The summed E-state index contributed by atoms with van der Waals surface area (Å²) in [4.78, 5) is 0. The summed E-state index contributed by atoms with van der Waals surface area (Å²) in [5, 5.41) is 3.37. The molecular formula is C7H14N2. The standard InChI is InChI=1S/C7H14N2/c8-7-2-1-5-3-9-4-6(5)7/h5-7,9H,1-4,8H2/t5-,6-,7+/m0/s1. The van der Waals surface area contributed by atoms with Crippen molar-refractivity contribution in [2.45, 2.75) is 18.9 Å². The van der Waals surface area contributed by atoms with Gasteiger partial charge in [0.1, 0.15) is 0 Å². The minimum atomic E-state index is 0.505. The van der Waals surface area contributed by atoms with Gasteiger partial charge < -0.3 is 11.1 Å². The Morgan fingerprint density at radius 1 is 1.22 bits per heavy atom. The summed E-state index contributed by atoms with van der Waals surface area (Å²) in [7, 11) is 0. The van der Waals surface area contributed by atoms with E-state index >= 15 is 0 Å². The van der Waals surface area contributed by atoms with Crippen LogP contribution in [0.2, 0.25) is 0 Å². The van der Waals surface area contributed by atoms with Crippen molar-refractivity contribution >= 4 is 0 Å². The average Bonchev–Trinajstić information content (AvgIpc) is 2.35. The van der Waals surface area contributed by atoms with Crippen LogP contribution in [0.3, 0.4) is 0 Å². The molecule has 2 fully saturated rings. The number of nitrogens with one attached hydrogen (secondary N) is 1. The zero-order chi connectivity index (χ0) is 6.27.